The molecule has 1 amide bonds. The lowest BCUT2D eigenvalue weighted by molar-refractivity contribution is -0.124. The van der Waals surface area contributed by atoms with Crippen molar-refractivity contribution in [1.82, 2.24) is 10.9 Å². The van der Waals surface area contributed by atoms with Crippen LogP contribution in [0, 0.1) is 11.7 Å². The lowest BCUT2D eigenvalue weighted by atomic mass is 9.88. The lowest BCUT2D eigenvalue weighted by Crippen LogP contribution is -2.46. The van der Waals surface area contributed by atoms with Crippen molar-refractivity contribution in [2.24, 2.45) is 5.92 Å². The summed E-state index contributed by atoms with van der Waals surface area (Å²) in [4.78, 5) is 12.5. The molecule has 4 nitrogen and oxygen atoms in total. The maximum atomic E-state index is 12.9. The van der Waals surface area contributed by atoms with Crippen LogP contribution in [0.3, 0.4) is 0 Å². The van der Waals surface area contributed by atoms with E-state index in [4.69, 9.17) is 23.8 Å². The van der Waals surface area contributed by atoms with E-state index < -0.39 is 0 Å². The fourth-order valence-electron chi connectivity index (χ4n) is 2.40. The minimum absolute atomic E-state index is 0.0848. The van der Waals surface area contributed by atoms with Crippen LogP contribution < -0.4 is 16.2 Å². The van der Waals surface area contributed by atoms with E-state index in [1.165, 1.54) is 12.1 Å². The van der Waals surface area contributed by atoms with Crippen LogP contribution in [0.15, 0.2) is 48.5 Å². The molecule has 0 saturated heterocycles. The molecule has 3 N–H and O–H groups in total. The fourth-order valence-corrected chi connectivity index (χ4v) is 2.70. The summed E-state index contributed by atoms with van der Waals surface area (Å²) < 4.78 is 12.9. The van der Waals surface area contributed by atoms with E-state index in [-0.39, 0.29) is 28.7 Å². The molecular formula is C18H19ClFN3OS. The molecule has 0 saturated carbocycles. The van der Waals surface area contributed by atoms with Crippen LogP contribution in [0.1, 0.15) is 25.3 Å². The number of nitrogens with one attached hydrogen (secondary N) is 3. The first-order chi connectivity index (χ1) is 11.9. The van der Waals surface area contributed by atoms with Crippen LogP contribution in [0.25, 0.3) is 0 Å². The molecule has 2 rings (SSSR count). The summed E-state index contributed by atoms with van der Waals surface area (Å²) in [5, 5.41) is 3.69. The molecule has 0 radical (unpaired) electrons. The Morgan fingerprint density at radius 1 is 1.04 bits per heavy atom. The minimum atomic E-state index is -0.349. The zero-order valence-electron chi connectivity index (χ0n) is 13.8. The maximum absolute atomic E-state index is 12.9. The van der Waals surface area contributed by atoms with Crippen molar-refractivity contribution in [3.05, 3.63) is 64.9 Å². The average molecular weight is 380 g/mol. The third-order valence-electron chi connectivity index (χ3n) is 3.58. The molecule has 0 aromatic heterocycles. The van der Waals surface area contributed by atoms with Gasteiger partial charge in [-0.2, -0.15) is 0 Å². The van der Waals surface area contributed by atoms with Gasteiger partial charge in [-0.15, -0.1) is 0 Å². The lowest BCUT2D eigenvalue weighted by Gasteiger charge is -2.21. The monoisotopic (exact) mass is 379 g/mol. The molecule has 2 aromatic carbocycles. The van der Waals surface area contributed by atoms with Gasteiger partial charge >= 0.3 is 0 Å². The highest BCUT2D eigenvalue weighted by Gasteiger charge is 2.24. The van der Waals surface area contributed by atoms with Gasteiger partial charge in [0.15, 0.2) is 5.11 Å². The van der Waals surface area contributed by atoms with E-state index in [0.29, 0.717) is 10.7 Å². The molecule has 0 heterocycles. The predicted octanol–water partition coefficient (Wildman–Crippen LogP) is 4.24. The molecule has 0 aliphatic rings. The number of carbonyl (C=O) groups is 1. The second-order valence-electron chi connectivity index (χ2n) is 5.85. The van der Waals surface area contributed by atoms with E-state index in [1.807, 2.05) is 26.0 Å². The Morgan fingerprint density at radius 3 is 2.20 bits per heavy atom. The molecule has 1 atom stereocenters. The predicted molar refractivity (Wildman–Crippen MR) is 103 cm³/mol. The van der Waals surface area contributed by atoms with Gasteiger partial charge in [-0.05, 0) is 60.1 Å². The number of hydrogen-bond donors (Lipinski definition) is 3. The van der Waals surface area contributed by atoms with Gasteiger partial charge in [0.1, 0.15) is 5.82 Å². The van der Waals surface area contributed by atoms with Crippen molar-refractivity contribution in [2.75, 3.05) is 5.32 Å². The molecule has 0 aliphatic carbocycles. The molecule has 0 bridgehead atoms. The zero-order valence-corrected chi connectivity index (χ0v) is 15.4. The summed E-state index contributed by atoms with van der Waals surface area (Å²) in [6, 6.07) is 12.9. The summed E-state index contributed by atoms with van der Waals surface area (Å²) in [7, 11) is 0. The molecule has 0 spiro atoms. The highest BCUT2D eigenvalue weighted by atomic mass is 35.5. The first kappa shape index (κ1) is 19.1. The normalized spacial score (nSPS) is 11.7. The molecular weight excluding hydrogens is 361 g/mol. The first-order valence-corrected chi connectivity index (χ1v) is 8.53. The topological polar surface area (TPSA) is 53.2 Å². The summed E-state index contributed by atoms with van der Waals surface area (Å²) in [6.07, 6.45) is 0. The van der Waals surface area contributed by atoms with Crippen molar-refractivity contribution in [3.63, 3.8) is 0 Å². The van der Waals surface area contributed by atoms with Gasteiger partial charge in [-0.25, -0.2) is 4.39 Å². The largest absolute Gasteiger partial charge is 0.331 e. The van der Waals surface area contributed by atoms with Gasteiger partial charge in [0.05, 0.1) is 5.92 Å². The SMILES string of the molecule is CC(C)[C@@H](C(=O)NNC(=S)Nc1ccc(F)cc1)c1ccc(Cl)cc1. The van der Waals surface area contributed by atoms with Crippen LogP contribution in [0.4, 0.5) is 10.1 Å². The minimum Gasteiger partial charge on any atom is -0.331 e. The number of rotatable bonds is 4. The Labute approximate surface area is 156 Å². The van der Waals surface area contributed by atoms with Gasteiger partial charge in [0, 0.05) is 10.7 Å². The summed E-state index contributed by atoms with van der Waals surface area (Å²) in [6.45, 7) is 3.93. The number of amides is 1. The zero-order chi connectivity index (χ0) is 18.4. The van der Waals surface area contributed by atoms with Crippen molar-refractivity contribution < 1.29 is 9.18 Å². The molecule has 0 unspecified atom stereocenters. The van der Waals surface area contributed by atoms with Gasteiger partial charge in [-0.1, -0.05) is 37.6 Å². The molecule has 0 aliphatic heterocycles. The number of carbonyl (C=O) groups excluding carboxylic acids is 1. The van der Waals surface area contributed by atoms with Gasteiger partial charge in [-0.3, -0.25) is 15.6 Å². The third kappa shape index (κ3) is 5.69. The van der Waals surface area contributed by atoms with Crippen LogP contribution in [0.2, 0.25) is 5.02 Å². The number of halogens is 2. The third-order valence-corrected chi connectivity index (χ3v) is 4.04. The van der Waals surface area contributed by atoms with Crippen molar-refractivity contribution >= 4 is 40.5 Å². The van der Waals surface area contributed by atoms with Crippen molar-refractivity contribution in [2.45, 2.75) is 19.8 Å². The summed E-state index contributed by atoms with van der Waals surface area (Å²) >= 11 is 11.0. The van der Waals surface area contributed by atoms with Crippen LogP contribution in [-0.4, -0.2) is 11.0 Å². The molecule has 0 fully saturated rings. The quantitative estimate of drug-likeness (QED) is 0.549. The Hall–Kier alpha value is -2.18. The fraction of sp³-hybridized carbons (Fsp3) is 0.222. The highest BCUT2D eigenvalue weighted by Crippen LogP contribution is 2.25. The van der Waals surface area contributed by atoms with E-state index in [2.05, 4.69) is 16.2 Å². The second kappa shape index (κ2) is 8.78. The van der Waals surface area contributed by atoms with E-state index >= 15 is 0 Å². The molecule has 132 valence electrons. The Bertz CT molecular complexity index is 735. The summed E-state index contributed by atoms with van der Waals surface area (Å²) in [5.41, 5.74) is 6.76. The molecule has 2 aromatic rings. The molecule has 25 heavy (non-hydrogen) atoms. The Morgan fingerprint density at radius 2 is 1.64 bits per heavy atom. The highest BCUT2D eigenvalue weighted by molar-refractivity contribution is 7.80. The number of hydrogen-bond acceptors (Lipinski definition) is 2. The maximum Gasteiger partial charge on any atom is 0.246 e. The number of benzene rings is 2. The van der Waals surface area contributed by atoms with E-state index in [0.717, 1.165) is 5.56 Å². The smallest absolute Gasteiger partial charge is 0.246 e. The summed E-state index contributed by atoms with van der Waals surface area (Å²) in [5.74, 6) is -0.805. The van der Waals surface area contributed by atoms with Crippen LogP contribution in [0.5, 0.6) is 0 Å². The van der Waals surface area contributed by atoms with E-state index in [9.17, 15) is 9.18 Å². The standard InChI is InChI=1S/C18H19ClFN3OS/c1-11(2)16(12-3-5-13(19)6-4-12)17(24)22-23-18(25)21-15-9-7-14(20)8-10-15/h3-11,16H,1-2H3,(H,22,24)(H2,21,23,25)/t16-/m1/s1. The van der Waals surface area contributed by atoms with Crippen LogP contribution >= 0.6 is 23.8 Å². The first-order valence-electron chi connectivity index (χ1n) is 7.74. The molecule has 7 heteroatoms. The van der Waals surface area contributed by atoms with Crippen LogP contribution in [-0.2, 0) is 4.79 Å². The van der Waals surface area contributed by atoms with Crippen molar-refractivity contribution in [3.8, 4) is 0 Å². The van der Waals surface area contributed by atoms with E-state index in [1.54, 1.807) is 24.3 Å². The number of anilines is 1. The van der Waals surface area contributed by atoms with Gasteiger partial charge < -0.3 is 5.32 Å². The second-order valence-corrected chi connectivity index (χ2v) is 6.69. The number of thiocarbonyl (C=S) groups is 1. The van der Waals surface area contributed by atoms with Gasteiger partial charge in [0.2, 0.25) is 5.91 Å². The van der Waals surface area contributed by atoms with Crippen molar-refractivity contribution in [1.29, 1.82) is 0 Å². The Kier molecular flexibility index (Phi) is 6.73. The average Bonchev–Trinajstić information content (AvgIpc) is 2.57. The number of hydrazine groups is 1. The van der Waals surface area contributed by atoms with Gasteiger partial charge in [0.25, 0.3) is 0 Å². The Balaban J connectivity index is 1.95.